The largest absolute Gasteiger partial charge is 0.354 e. The Morgan fingerprint density at radius 3 is 2.42 bits per heavy atom. The number of carbonyl (C=O) groups excluding carboxylic acids is 5. The Morgan fingerprint density at radius 2 is 1.75 bits per heavy atom. The molecule has 2 saturated heterocycles. The Balaban J connectivity index is 1.50. The average molecular weight is 494 g/mol. The highest BCUT2D eigenvalue weighted by atomic mass is 16.2. The summed E-state index contributed by atoms with van der Waals surface area (Å²) >= 11 is 0. The normalized spacial score (nSPS) is 19.8. The van der Waals surface area contributed by atoms with Gasteiger partial charge in [-0.25, -0.2) is 14.8 Å². The maximum absolute atomic E-state index is 13.3. The zero-order valence-electron chi connectivity index (χ0n) is 19.8. The molecule has 36 heavy (non-hydrogen) atoms. The number of hydrogen-bond acceptors (Lipinski definition) is 7. The van der Waals surface area contributed by atoms with Gasteiger partial charge in [0.05, 0.1) is 12.1 Å². The number of piperidine rings is 1. The van der Waals surface area contributed by atoms with E-state index >= 15 is 0 Å². The summed E-state index contributed by atoms with van der Waals surface area (Å²) < 4.78 is 0. The first-order valence-electron chi connectivity index (χ1n) is 11.6. The number of nitrogens with zero attached hydrogens (tertiary/aromatic N) is 4. The summed E-state index contributed by atoms with van der Waals surface area (Å²) in [6.07, 6.45) is 5.24. The summed E-state index contributed by atoms with van der Waals surface area (Å²) in [5, 5.41) is 8.21. The zero-order valence-corrected chi connectivity index (χ0v) is 19.8. The third kappa shape index (κ3) is 5.65. The molecule has 0 unspecified atom stereocenters. The van der Waals surface area contributed by atoms with Gasteiger partial charge < -0.3 is 25.8 Å². The van der Waals surface area contributed by atoms with Crippen molar-refractivity contribution in [2.75, 3.05) is 31.5 Å². The Hall–Kier alpha value is -4.35. The fourth-order valence-corrected chi connectivity index (χ4v) is 4.18. The van der Waals surface area contributed by atoms with Gasteiger partial charge in [-0.15, -0.1) is 0 Å². The van der Waals surface area contributed by atoms with Crippen molar-refractivity contribution in [2.45, 2.75) is 31.8 Å². The fourth-order valence-electron chi connectivity index (χ4n) is 4.18. The first kappa shape index (κ1) is 24.8. The highest BCUT2D eigenvalue weighted by Gasteiger charge is 2.39. The van der Waals surface area contributed by atoms with E-state index in [2.05, 4.69) is 25.9 Å². The van der Waals surface area contributed by atoms with Crippen LogP contribution in [-0.4, -0.2) is 87.6 Å². The third-order valence-corrected chi connectivity index (χ3v) is 6.18. The molecule has 2 aliphatic rings. The van der Waals surface area contributed by atoms with Crippen molar-refractivity contribution in [3.05, 3.63) is 54.1 Å². The van der Waals surface area contributed by atoms with Crippen molar-refractivity contribution in [1.29, 1.82) is 0 Å². The predicted octanol–water partition coefficient (Wildman–Crippen LogP) is 0.433. The number of carbonyl (C=O) groups is 5. The number of nitrogens with one attached hydrogen (secondary N) is 3. The third-order valence-electron chi connectivity index (χ3n) is 6.18. The van der Waals surface area contributed by atoms with Gasteiger partial charge in [-0.3, -0.25) is 19.2 Å². The van der Waals surface area contributed by atoms with Gasteiger partial charge in [0, 0.05) is 43.3 Å². The Kier molecular flexibility index (Phi) is 7.52. The Morgan fingerprint density at radius 1 is 1.03 bits per heavy atom. The molecule has 2 aliphatic heterocycles. The lowest BCUT2D eigenvalue weighted by Gasteiger charge is -2.41. The maximum atomic E-state index is 13.3. The van der Waals surface area contributed by atoms with Crippen LogP contribution in [0.15, 0.2) is 43.0 Å². The number of aromatic nitrogens is 2. The molecule has 2 aromatic rings. The quantitative estimate of drug-likeness (QED) is 0.511. The number of ketones is 1. The van der Waals surface area contributed by atoms with E-state index in [1.54, 1.807) is 24.3 Å². The van der Waals surface area contributed by atoms with Crippen LogP contribution in [0.3, 0.4) is 0 Å². The van der Waals surface area contributed by atoms with Crippen molar-refractivity contribution in [3.63, 3.8) is 0 Å². The highest BCUT2D eigenvalue weighted by molar-refractivity contribution is 5.99. The molecular formula is C24H27N7O5. The number of amides is 5. The van der Waals surface area contributed by atoms with E-state index in [9.17, 15) is 24.0 Å². The molecule has 0 radical (unpaired) electrons. The van der Waals surface area contributed by atoms with Gasteiger partial charge in [0.2, 0.25) is 11.8 Å². The molecule has 188 valence electrons. The van der Waals surface area contributed by atoms with Crippen molar-refractivity contribution in [2.24, 2.45) is 0 Å². The molecular weight excluding hydrogens is 466 g/mol. The average Bonchev–Trinajstić information content (AvgIpc) is 2.90. The van der Waals surface area contributed by atoms with Crippen LogP contribution in [0, 0.1) is 0 Å². The molecule has 0 spiro atoms. The SMILES string of the molecule is CC(=O)c1ccc(NC(=O)N2CCN(C(=O)c3cncnc3)[C@@H](C(=O)N[C@@H]3CCCNC3=O)C2)cc1. The molecule has 1 aromatic carbocycles. The van der Waals surface area contributed by atoms with E-state index in [-0.39, 0.29) is 36.9 Å². The Bertz CT molecular complexity index is 1160. The molecule has 12 heteroatoms. The summed E-state index contributed by atoms with van der Waals surface area (Å²) in [5.74, 6) is -1.32. The molecule has 1 aromatic heterocycles. The minimum atomic E-state index is -1.02. The molecule has 5 amide bonds. The molecule has 12 nitrogen and oxygen atoms in total. The van der Waals surface area contributed by atoms with Crippen LogP contribution in [0.1, 0.15) is 40.5 Å². The fraction of sp³-hybridized carbons (Fsp3) is 0.375. The standard InChI is InChI=1S/C24H27N7O5/c1-15(32)16-4-6-18(7-5-16)28-24(36)30-9-10-31(23(35)17-11-25-14-26-12-17)20(13-30)22(34)29-19-3-2-8-27-21(19)33/h4-7,11-12,14,19-20H,2-3,8-10,13H2,1H3,(H,27,33)(H,28,36)(H,29,34)/t19-,20-/m1/s1. The second-order valence-electron chi connectivity index (χ2n) is 8.65. The van der Waals surface area contributed by atoms with Gasteiger partial charge in [-0.1, -0.05) is 0 Å². The van der Waals surface area contributed by atoms with Gasteiger partial charge in [0.1, 0.15) is 18.4 Å². The van der Waals surface area contributed by atoms with Crippen molar-refractivity contribution in [1.82, 2.24) is 30.4 Å². The van der Waals surface area contributed by atoms with Crippen molar-refractivity contribution < 1.29 is 24.0 Å². The van der Waals surface area contributed by atoms with Crippen LogP contribution >= 0.6 is 0 Å². The van der Waals surface area contributed by atoms with Crippen LogP contribution in [0.5, 0.6) is 0 Å². The van der Waals surface area contributed by atoms with Crippen LogP contribution in [-0.2, 0) is 9.59 Å². The van der Waals surface area contributed by atoms with Crippen LogP contribution < -0.4 is 16.0 Å². The second kappa shape index (κ2) is 10.9. The van der Waals surface area contributed by atoms with Gasteiger partial charge in [-0.2, -0.15) is 0 Å². The summed E-state index contributed by atoms with van der Waals surface area (Å²) in [7, 11) is 0. The number of piperazine rings is 1. The zero-order chi connectivity index (χ0) is 25.7. The molecule has 3 heterocycles. The van der Waals surface area contributed by atoms with Gasteiger partial charge in [0.15, 0.2) is 5.78 Å². The number of Topliss-reactive ketones (excluding diaryl/α,β-unsaturated/α-hetero) is 1. The smallest absolute Gasteiger partial charge is 0.321 e. The summed E-state index contributed by atoms with van der Waals surface area (Å²) in [4.78, 5) is 73.6. The molecule has 2 fully saturated rings. The molecule has 0 saturated carbocycles. The number of rotatable bonds is 5. The first-order valence-corrected chi connectivity index (χ1v) is 11.6. The monoisotopic (exact) mass is 493 g/mol. The van der Waals surface area contributed by atoms with Gasteiger partial charge in [0.25, 0.3) is 5.91 Å². The van der Waals surface area contributed by atoms with Crippen LogP contribution in [0.4, 0.5) is 10.5 Å². The predicted molar refractivity (Wildman–Crippen MR) is 128 cm³/mol. The highest BCUT2D eigenvalue weighted by Crippen LogP contribution is 2.17. The second-order valence-corrected chi connectivity index (χ2v) is 8.65. The molecule has 3 N–H and O–H groups in total. The van der Waals surface area contributed by atoms with Gasteiger partial charge in [-0.05, 0) is 44.0 Å². The summed E-state index contributed by atoms with van der Waals surface area (Å²) in [6.45, 7) is 2.22. The maximum Gasteiger partial charge on any atom is 0.321 e. The van der Waals surface area contributed by atoms with Gasteiger partial charge >= 0.3 is 6.03 Å². The summed E-state index contributed by atoms with van der Waals surface area (Å²) in [5.41, 5.74) is 1.23. The molecule has 4 rings (SSSR count). The number of benzene rings is 1. The lowest BCUT2D eigenvalue weighted by atomic mass is 10.0. The topological polar surface area (TPSA) is 154 Å². The number of anilines is 1. The van der Waals surface area contributed by atoms with Crippen molar-refractivity contribution >= 4 is 35.2 Å². The number of hydrogen-bond donors (Lipinski definition) is 3. The summed E-state index contributed by atoms with van der Waals surface area (Å²) in [6, 6.07) is 4.29. The minimum Gasteiger partial charge on any atom is -0.354 e. The molecule has 2 atom stereocenters. The molecule has 0 aliphatic carbocycles. The van der Waals surface area contributed by atoms with Crippen molar-refractivity contribution in [3.8, 4) is 0 Å². The molecule has 0 bridgehead atoms. The van der Waals surface area contributed by atoms with E-state index in [4.69, 9.17) is 0 Å². The Labute approximate surface area is 207 Å². The minimum absolute atomic E-state index is 0.0725. The van der Waals surface area contributed by atoms with Crippen LogP contribution in [0.2, 0.25) is 0 Å². The number of urea groups is 1. The first-order chi connectivity index (χ1) is 17.3. The van der Waals surface area contributed by atoms with Crippen LogP contribution in [0.25, 0.3) is 0 Å². The van der Waals surface area contributed by atoms with E-state index < -0.39 is 29.9 Å². The lowest BCUT2D eigenvalue weighted by Crippen LogP contribution is -2.64. The van der Waals surface area contributed by atoms with E-state index in [0.29, 0.717) is 24.2 Å². The van der Waals surface area contributed by atoms with E-state index in [0.717, 1.165) is 6.42 Å². The van der Waals surface area contributed by atoms with E-state index in [1.165, 1.54) is 35.4 Å². The lowest BCUT2D eigenvalue weighted by molar-refractivity contribution is -0.133. The van der Waals surface area contributed by atoms with E-state index in [1.807, 2.05) is 0 Å².